The molecule has 5 nitrogen and oxygen atoms in total. The van der Waals surface area contributed by atoms with Crippen molar-refractivity contribution in [3.63, 3.8) is 0 Å². The minimum Gasteiger partial charge on any atom is -0.444 e. The van der Waals surface area contributed by atoms with E-state index in [1.165, 1.54) is 11.3 Å². The van der Waals surface area contributed by atoms with Crippen LogP contribution in [0.1, 0.15) is 30.5 Å². The maximum Gasteiger partial charge on any atom is 0.412 e. The van der Waals surface area contributed by atoms with Crippen molar-refractivity contribution in [2.45, 2.75) is 32.9 Å². The standard InChI is InChI=1S/C17H19N3O2S/c1-17(2,3)22-16(21)20-15-7-5-4-6-14(15)19-11-13-9-8-12(10-18)23-13/h4-9,19H,11H2,1-3H3,(H,20,21). The van der Waals surface area contributed by atoms with Gasteiger partial charge in [0.05, 0.1) is 11.4 Å². The number of hydrogen-bond donors (Lipinski definition) is 2. The Balaban J connectivity index is 2.02. The summed E-state index contributed by atoms with van der Waals surface area (Å²) in [4.78, 5) is 13.6. The molecule has 2 rings (SSSR count). The van der Waals surface area contributed by atoms with E-state index in [1.54, 1.807) is 12.1 Å². The van der Waals surface area contributed by atoms with E-state index >= 15 is 0 Å². The number of amides is 1. The maximum absolute atomic E-state index is 11.9. The molecule has 0 spiro atoms. The second kappa shape index (κ2) is 7.16. The van der Waals surface area contributed by atoms with Crippen LogP contribution >= 0.6 is 11.3 Å². The van der Waals surface area contributed by atoms with Gasteiger partial charge in [-0.05, 0) is 45.0 Å². The Hall–Kier alpha value is -2.52. The summed E-state index contributed by atoms with van der Waals surface area (Å²) in [6, 6.07) is 13.3. The molecule has 0 saturated heterocycles. The first-order chi connectivity index (χ1) is 10.9. The number of nitrogens with one attached hydrogen (secondary N) is 2. The van der Waals surface area contributed by atoms with Crippen molar-refractivity contribution >= 4 is 28.8 Å². The van der Waals surface area contributed by atoms with Gasteiger partial charge in [-0.15, -0.1) is 11.3 Å². The molecule has 0 fully saturated rings. The van der Waals surface area contributed by atoms with E-state index in [4.69, 9.17) is 10.00 Å². The number of para-hydroxylation sites is 2. The lowest BCUT2D eigenvalue weighted by Gasteiger charge is -2.20. The Labute approximate surface area is 139 Å². The van der Waals surface area contributed by atoms with Gasteiger partial charge in [0.25, 0.3) is 0 Å². The van der Waals surface area contributed by atoms with Gasteiger partial charge in [-0.2, -0.15) is 5.26 Å². The smallest absolute Gasteiger partial charge is 0.412 e. The molecule has 0 aliphatic carbocycles. The molecule has 0 aliphatic rings. The summed E-state index contributed by atoms with van der Waals surface area (Å²) >= 11 is 1.44. The number of rotatable bonds is 4. The third-order valence-electron chi connectivity index (χ3n) is 2.79. The van der Waals surface area contributed by atoms with Gasteiger partial charge < -0.3 is 10.1 Å². The van der Waals surface area contributed by atoms with Crippen molar-refractivity contribution in [3.8, 4) is 6.07 Å². The first kappa shape index (κ1) is 16.8. The van der Waals surface area contributed by atoms with Crippen molar-refractivity contribution < 1.29 is 9.53 Å². The monoisotopic (exact) mass is 329 g/mol. The van der Waals surface area contributed by atoms with E-state index in [0.717, 1.165) is 10.6 Å². The molecule has 23 heavy (non-hydrogen) atoms. The third-order valence-corrected chi connectivity index (χ3v) is 3.78. The summed E-state index contributed by atoms with van der Waals surface area (Å²) < 4.78 is 5.27. The predicted octanol–water partition coefficient (Wildman–Crippen LogP) is 4.58. The number of thiophene rings is 1. The fraction of sp³-hybridized carbons (Fsp3) is 0.294. The van der Waals surface area contributed by atoms with E-state index in [1.807, 2.05) is 45.0 Å². The summed E-state index contributed by atoms with van der Waals surface area (Å²) in [5.41, 5.74) is 0.904. The van der Waals surface area contributed by atoms with Gasteiger partial charge in [0.2, 0.25) is 0 Å². The van der Waals surface area contributed by atoms with Crippen molar-refractivity contribution in [3.05, 3.63) is 46.2 Å². The highest BCUT2D eigenvalue weighted by atomic mass is 32.1. The second-order valence-electron chi connectivity index (χ2n) is 5.90. The molecule has 0 unspecified atom stereocenters. The summed E-state index contributed by atoms with van der Waals surface area (Å²) in [5, 5.41) is 14.9. The Morgan fingerprint density at radius 3 is 2.52 bits per heavy atom. The van der Waals surface area contributed by atoms with E-state index < -0.39 is 11.7 Å². The zero-order valence-electron chi connectivity index (χ0n) is 13.3. The van der Waals surface area contributed by atoms with Crippen molar-refractivity contribution in [1.82, 2.24) is 0 Å². The highest BCUT2D eigenvalue weighted by molar-refractivity contribution is 7.12. The molecular weight excluding hydrogens is 310 g/mol. The molecule has 120 valence electrons. The van der Waals surface area contributed by atoms with Gasteiger partial charge >= 0.3 is 6.09 Å². The first-order valence-corrected chi connectivity index (χ1v) is 8.01. The van der Waals surface area contributed by atoms with Crippen LogP contribution in [0.2, 0.25) is 0 Å². The van der Waals surface area contributed by atoms with Crippen LogP contribution in [0, 0.1) is 11.3 Å². The molecule has 6 heteroatoms. The number of nitrogens with zero attached hydrogens (tertiary/aromatic N) is 1. The molecule has 0 radical (unpaired) electrons. The molecule has 1 aromatic heterocycles. The molecule has 0 bridgehead atoms. The molecule has 1 heterocycles. The Morgan fingerprint density at radius 1 is 1.22 bits per heavy atom. The largest absolute Gasteiger partial charge is 0.444 e. The molecule has 1 amide bonds. The Bertz CT molecular complexity index is 726. The SMILES string of the molecule is CC(C)(C)OC(=O)Nc1ccccc1NCc1ccc(C#N)s1. The fourth-order valence-electron chi connectivity index (χ4n) is 1.88. The number of ether oxygens (including phenoxy) is 1. The average Bonchev–Trinajstić information content (AvgIpc) is 2.92. The lowest BCUT2D eigenvalue weighted by molar-refractivity contribution is 0.0636. The maximum atomic E-state index is 11.9. The van der Waals surface area contributed by atoms with Gasteiger partial charge in [0, 0.05) is 11.4 Å². The quantitative estimate of drug-likeness (QED) is 0.861. The van der Waals surface area contributed by atoms with Gasteiger partial charge in [0.15, 0.2) is 0 Å². The first-order valence-electron chi connectivity index (χ1n) is 7.19. The van der Waals surface area contributed by atoms with Gasteiger partial charge in [-0.25, -0.2) is 4.79 Å². The van der Waals surface area contributed by atoms with Crippen molar-refractivity contribution in [2.75, 3.05) is 10.6 Å². The Morgan fingerprint density at radius 2 is 1.91 bits per heavy atom. The summed E-state index contributed by atoms with van der Waals surface area (Å²) in [7, 11) is 0. The van der Waals surface area contributed by atoms with Crippen LogP contribution < -0.4 is 10.6 Å². The van der Waals surface area contributed by atoms with Crippen LogP contribution in [0.4, 0.5) is 16.2 Å². The van der Waals surface area contributed by atoms with Crippen molar-refractivity contribution in [2.24, 2.45) is 0 Å². The zero-order valence-corrected chi connectivity index (χ0v) is 14.2. The van der Waals surface area contributed by atoms with Crippen LogP contribution in [0.5, 0.6) is 0 Å². The topological polar surface area (TPSA) is 74.2 Å². The molecule has 1 aromatic carbocycles. The predicted molar refractivity (Wildman–Crippen MR) is 92.7 cm³/mol. The van der Waals surface area contributed by atoms with Crippen LogP contribution in [0.15, 0.2) is 36.4 Å². The van der Waals surface area contributed by atoms with Gasteiger partial charge in [-0.1, -0.05) is 12.1 Å². The van der Waals surface area contributed by atoms with E-state index in [0.29, 0.717) is 17.1 Å². The normalized spacial score (nSPS) is 10.7. The van der Waals surface area contributed by atoms with Crippen LogP contribution in [0.3, 0.4) is 0 Å². The third kappa shape index (κ3) is 5.31. The highest BCUT2D eigenvalue weighted by Gasteiger charge is 2.17. The molecule has 2 aromatic rings. The minimum atomic E-state index is -0.545. The summed E-state index contributed by atoms with van der Waals surface area (Å²) in [6.07, 6.45) is -0.491. The highest BCUT2D eigenvalue weighted by Crippen LogP contribution is 2.24. The number of nitriles is 1. The molecular formula is C17H19N3O2S. The fourth-order valence-corrected chi connectivity index (χ4v) is 2.62. The number of anilines is 2. The van der Waals surface area contributed by atoms with E-state index in [2.05, 4.69) is 16.7 Å². The van der Waals surface area contributed by atoms with Crippen molar-refractivity contribution in [1.29, 1.82) is 5.26 Å². The van der Waals surface area contributed by atoms with Gasteiger partial charge in [-0.3, -0.25) is 5.32 Å². The molecule has 0 saturated carbocycles. The van der Waals surface area contributed by atoms with E-state index in [9.17, 15) is 4.79 Å². The number of benzene rings is 1. The van der Waals surface area contributed by atoms with Crippen LogP contribution in [-0.4, -0.2) is 11.7 Å². The number of carbonyl (C=O) groups is 1. The second-order valence-corrected chi connectivity index (χ2v) is 7.07. The minimum absolute atomic E-state index is 0.491. The average molecular weight is 329 g/mol. The Kier molecular flexibility index (Phi) is 5.24. The van der Waals surface area contributed by atoms with E-state index in [-0.39, 0.29) is 0 Å². The lowest BCUT2D eigenvalue weighted by atomic mass is 10.2. The molecule has 0 aliphatic heterocycles. The lowest BCUT2D eigenvalue weighted by Crippen LogP contribution is -2.27. The summed E-state index contributed by atoms with van der Waals surface area (Å²) in [5.74, 6) is 0. The molecule has 2 N–H and O–H groups in total. The number of hydrogen-bond acceptors (Lipinski definition) is 5. The zero-order chi connectivity index (χ0) is 16.9. The van der Waals surface area contributed by atoms with Gasteiger partial charge in [0.1, 0.15) is 16.5 Å². The van der Waals surface area contributed by atoms with Crippen LogP contribution in [0.25, 0.3) is 0 Å². The summed E-state index contributed by atoms with van der Waals surface area (Å²) in [6.45, 7) is 6.04. The van der Waals surface area contributed by atoms with Crippen LogP contribution in [-0.2, 0) is 11.3 Å². The molecule has 0 atom stereocenters. The number of carbonyl (C=O) groups excluding carboxylic acids is 1.